The van der Waals surface area contributed by atoms with Crippen molar-refractivity contribution in [3.63, 3.8) is 0 Å². The van der Waals surface area contributed by atoms with Crippen LogP contribution in [0, 0.1) is 0 Å². The summed E-state index contributed by atoms with van der Waals surface area (Å²) in [6.07, 6.45) is -9.86. The van der Waals surface area contributed by atoms with Gasteiger partial charge in [0.25, 0.3) is 5.91 Å². The normalized spacial score (nSPS) is 12.6. The van der Waals surface area contributed by atoms with Crippen molar-refractivity contribution in [3.05, 3.63) is 48.3 Å². The summed E-state index contributed by atoms with van der Waals surface area (Å²) in [5.74, 6) is -1.23. The summed E-state index contributed by atoms with van der Waals surface area (Å²) < 4.78 is 88.3. The van der Waals surface area contributed by atoms with Gasteiger partial charge in [-0.3, -0.25) is 9.78 Å². The Morgan fingerprint density at radius 3 is 2.42 bits per heavy atom. The Kier molecular flexibility index (Phi) is 5.98. The molecule has 31 heavy (non-hydrogen) atoms. The van der Waals surface area contributed by atoms with Crippen LogP contribution in [0.25, 0.3) is 10.2 Å². The molecule has 0 fully saturated rings. The van der Waals surface area contributed by atoms with Crippen LogP contribution < -0.4 is 15.4 Å². The third kappa shape index (κ3) is 4.50. The van der Waals surface area contributed by atoms with Crippen molar-refractivity contribution in [2.24, 2.45) is 0 Å². The number of fused-ring (bicyclic) bond motifs is 1. The van der Waals surface area contributed by atoms with Crippen molar-refractivity contribution in [2.45, 2.75) is 24.9 Å². The summed E-state index contributed by atoms with van der Waals surface area (Å²) in [4.78, 5) is 19.5. The van der Waals surface area contributed by atoms with E-state index in [1.807, 2.05) is 0 Å². The van der Waals surface area contributed by atoms with E-state index < -0.39 is 34.6 Å². The van der Waals surface area contributed by atoms with Crippen LogP contribution in [-0.2, 0) is 0 Å². The Balaban J connectivity index is 2.04. The van der Waals surface area contributed by atoms with Crippen LogP contribution in [0.5, 0.6) is 5.75 Å². The number of alkyl halides is 6. The summed E-state index contributed by atoms with van der Waals surface area (Å²) in [7, 11) is 0. The van der Waals surface area contributed by atoms with Crippen LogP contribution >= 0.6 is 11.3 Å². The number of hydrogen-bond donors (Lipinski definition) is 2. The molecule has 3 aromatic rings. The summed E-state index contributed by atoms with van der Waals surface area (Å²) in [5.41, 5.74) is -5.11. The maximum Gasteiger partial charge on any atom is 0.439 e. The molecule has 0 saturated heterocycles. The first-order valence-corrected chi connectivity index (χ1v) is 9.46. The monoisotopic (exact) mass is 464 g/mol. The summed E-state index contributed by atoms with van der Waals surface area (Å²) in [6, 6.07) is 6.57. The number of carbonyl (C=O) groups excluding carboxylic acids is 1. The molecule has 0 spiro atoms. The molecule has 0 saturated carbocycles. The molecule has 13 heteroatoms. The van der Waals surface area contributed by atoms with Crippen molar-refractivity contribution in [3.8, 4) is 5.75 Å². The zero-order valence-corrected chi connectivity index (χ0v) is 16.5. The fraction of sp³-hybridized carbons (Fsp3) is 0.278. The minimum Gasteiger partial charge on any atom is -0.494 e. The van der Waals surface area contributed by atoms with E-state index in [1.54, 1.807) is 6.92 Å². The quantitative estimate of drug-likeness (QED) is 0.407. The second-order valence-corrected chi connectivity index (χ2v) is 7.18. The van der Waals surface area contributed by atoms with Gasteiger partial charge < -0.3 is 15.4 Å². The van der Waals surface area contributed by atoms with Crippen LogP contribution in [0.2, 0.25) is 0 Å². The van der Waals surface area contributed by atoms with E-state index >= 15 is 0 Å². The number of carbonyl (C=O) groups is 1. The molecule has 2 heterocycles. The molecule has 2 aromatic heterocycles. The third-order valence-electron chi connectivity index (χ3n) is 4.04. The van der Waals surface area contributed by atoms with E-state index in [1.165, 1.54) is 35.8 Å². The number of nitrogens with zero attached hydrogens (tertiary/aromatic N) is 2. The molecule has 1 aromatic carbocycles. The molecule has 166 valence electrons. The first-order valence-electron chi connectivity index (χ1n) is 8.64. The lowest BCUT2D eigenvalue weighted by molar-refractivity contribution is -0.294. The highest BCUT2D eigenvalue weighted by Crippen LogP contribution is 2.44. The molecular formula is C18H14F6N4O2S. The first kappa shape index (κ1) is 22.6. The standard InChI is InChI=1S/C18H14F6N4O2S/c1-2-30-11-5-6-12-13(8-11)31-15(26-12)28-16(17(19,20)21,18(22,23)24)27-14(29)10-4-3-7-25-9-10/h3-9H,2H2,1H3,(H,26,28)(H,27,29). The maximum absolute atomic E-state index is 13.8. The van der Waals surface area contributed by atoms with Crippen LogP contribution in [0.1, 0.15) is 17.3 Å². The number of nitrogens with one attached hydrogen (secondary N) is 2. The third-order valence-corrected chi connectivity index (χ3v) is 4.97. The maximum atomic E-state index is 13.8. The summed E-state index contributed by atoms with van der Waals surface area (Å²) in [5, 5.41) is 1.74. The molecular weight excluding hydrogens is 450 g/mol. The Morgan fingerprint density at radius 1 is 1.13 bits per heavy atom. The van der Waals surface area contributed by atoms with Gasteiger partial charge in [-0.25, -0.2) is 4.98 Å². The van der Waals surface area contributed by atoms with Crippen molar-refractivity contribution in [1.29, 1.82) is 0 Å². The zero-order valence-electron chi connectivity index (χ0n) is 15.6. The topological polar surface area (TPSA) is 76.1 Å². The van der Waals surface area contributed by atoms with E-state index in [9.17, 15) is 31.1 Å². The molecule has 0 aliphatic carbocycles. The van der Waals surface area contributed by atoms with Crippen molar-refractivity contribution >= 4 is 32.6 Å². The van der Waals surface area contributed by atoms with Gasteiger partial charge in [-0.15, -0.1) is 0 Å². The molecule has 0 atom stereocenters. The van der Waals surface area contributed by atoms with Crippen LogP contribution in [0.15, 0.2) is 42.7 Å². The SMILES string of the molecule is CCOc1ccc2nc(NC(NC(=O)c3cccnc3)(C(F)(F)F)C(F)(F)F)sc2c1. The Morgan fingerprint density at radius 2 is 1.84 bits per heavy atom. The van der Waals surface area contributed by atoms with Gasteiger partial charge in [0.1, 0.15) is 5.75 Å². The fourth-order valence-corrected chi connectivity index (χ4v) is 3.54. The summed E-state index contributed by atoms with van der Waals surface area (Å²) in [6.45, 7) is 2.04. The predicted octanol–water partition coefficient (Wildman–Crippen LogP) is 4.75. The molecule has 2 N–H and O–H groups in total. The number of anilines is 1. The average Bonchev–Trinajstić information content (AvgIpc) is 3.08. The number of hydrogen-bond acceptors (Lipinski definition) is 6. The van der Waals surface area contributed by atoms with Crippen LogP contribution in [-0.4, -0.2) is 40.5 Å². The number of benzene rings is 1. The molecule has 6 nitrogen and oxygen atoms in total. The van der Waals surface area contributed by atoms with Crippen molar-refractivity contribution in [1.82, 2.24) is 15.3 Å². The lowest BCUT2D eigenvalue weighted by atomic mass is 10.1. The molecule has 0 unspecified atom stereocenters. The van der Waals surface area contributed by atoms with E-state index in [0.717, 1.165) is 17.6 Å². The van der Waals surface area contributed by atoms with Gasteiger partial charge in [0, 0.05) is 12.4 Å². The minimum atomic E-state index is -5.96. The Labute approximate surface area is 175 Å². The van der Waals surface area contributed by atoms with Gasteiger partial charge in [0.2, 0.25) is 0 Å². The second kappa shape index (κ2) is 8.21. The number of thiazole rings is 1. The Hall–Kier alpha value is -3.09. The molecule has 0 radical (unpaired) electrons. The van der Waals surface area contributed by atoms with Gasteiger partial charge in [0.15, 0.2) is 5.13 Å². The Bertz CT molecular complexity index is 1050. The van der Waals surface area contributed by atoms with Gasteiger partial charge in [0.05, 0.1) is 22.4 Å². The highest BCUT2D eigenvalue weighted by molar-refractivity contribution is 7.22. The highest BCUT2D eigenvalue weighted by Gasteiger charge is 2.73. The molecule has 0 bridgehead atoms. The van der Waals surface area contributed by atoms with Crippen molar-refractivity contribution in [2.75, 3.05) is 11.9 Å². The smallest absolute Gasteiger partial charge is 0.439 e. The van der Waals surface area contributed by atoms with Crippen LogP contribution in [0.3, 0.4) is 0 Å². The minimum absolute atomic E-state index is 0.160. The average molecular weight is 464 g/mol. The largest absolute Gasteiger partial charge is 0.494 e. The van der Waals surface area contributed by atoms with Crippen molar-refractivity contribution < 1.29 is 35.9 Å². The van der Waals surface area contributed by atoms with Gasteiger partial charge >= 0.3 is 18.0 Å². The highest BCUT2D eigenvalue weighted by atomic mass is 32.1. The number of amides is 1. The number of halogens is 6. The first-order chi connectivity index (χ1) is 14.5. The molecule has 1 amide bonds. The second-order valence-electron chi connectivity index (χ2n) is 6.15. The van der Waals surface area contributed by atoms with Gasteiger partial charge in [-0.05, 0) is 37.3 Å². The van der Waals surface area contributed by atoms with E-state index in [2.05, 4.69) is 9.97 Å². The summed E-state index contributed by atoms with van der Waals surface area (Å²) >= 11 is 0.553. The van der Waals surface area contributed by atoms with E-state index in [-0.39, 0.29) is 5.52 Å². The number of aromatic nitrogens is 2. The van der Waals surface area contributed by atoms with E-state index in [4.69, 9.17) is 4.74 Å². The molecule has 0 aliphatic heterocycles. The number of rotatable bonds is 6. The molecule has 3 rings (SSSR count). The predicted molar refractivity (Wildman–Crippen MR) is 101 cm³/mol. The van der Waals surface area contributed by atoms with E-state index in [0.29, 0.717) is 28.4 Å². The van der Waals surface area contributed by atoms with Gasteiger partial charge in [-0.2, -0.15) is 26.3 Å². The number of ether oxygens (including phenoxy) is 1. The van der Waals surface area contributed by atoms with Gasteiger partial charge in [-0.1, -0.05) is 11.3 Å². The fourth-order valence-electron chi connectivity index (χ4n) is 2.59. The number of pyridine rings is 1. The lowest BCUT2D eigenvalue weighted by Gasteiger charge is -2.38. The molecule has 0 aliphatic rings. The van der Waals surface area contributed by atoms with Crippen LogP contribution in [0.4, 0.5) is 31.5 Å². The lowest BCUT2D eigenvalue weighted by Crippen LogP contribution is -2.72. The zero-order chi connectivity index (χ0) is 22.9.